The molecule has 0 spiro atoms. The van der Waals surface area contributed by atoms with Crippen molar-refractivity contribution in [3.05, 3.63) is 59.0 Å². The third-order valence-corrected chi connectivity index (χ3v) is 7.30. The van der Waals surface area contributed by atoms with E-state index in [1.54, 1.807) is 18.3 Å². The number of halogens is 2. The highest BCUT2D eigenvalue weighted by Gasteiger charge is 2.35. The molecule has 3 atom stereocenters. The van der Waals surface area contributed by atoms with Gasteiger partial charge in [-0.1, -0.05) is 17.7 Å². The number of aromatic nitrogens is 2. The Bertz CT molecular complexity index is 1200. The summed E-state index contributed by atoms with van der Waals surface area (Å²) in [5.41, 5.74) is 2.41. The Balaban J connectivity index is 1.39. The molecule has 2 aliphatic heterocycles. The molecule has 34 heavy (non-hydrogen) atoms. The fourth-order valence-corrected chi connectivity index (χ4v) is 5.29. The van der Waals surface area contributed by atoms with Crippen LogP contribution in [0.15, 0.2) is 42.6 Å². The van der Waals surface area contributed by atoms with Crippen molar-refractivity contribution in [2.75, 3.05) is 37.7 Å². The maximum Gasteiger partial charge on any atom is 0.240 e. The number of benzene rings is 2. The molecule has 0 bridgehead atoms. The highest BCUT2D eigenvalue weighted by molar-refractivity contribution is 6.30. The summed E-state index contributed by atoms with van der Waals surface area (Å²) in [5.74, 6) is -0.272. The van der Waals surface area contributed by atoms with Crippen LogP contribution in [0.3, 0.4) is 0 Å². The number of amides is 1. The normalized spacial score (nSPS) is 21.9. The zero-order chi connectivity index (χ0) is 23.8. The maximum atomic E-state index is 14.6. The SMILES string of the molecule is CC(c1ccc(Cl)cc1F)n1ncc2ccc(N3CCN(C(=O)[C@H]4CCCN4)C(CO)C3)cc21. The van der Waals surface area contributed by atoms with Crippen molar-refractivity contribution in [3.8, 4) is 0 Å². The van der Waals surface area contributed by atoms with Gasteiger partial charge in [-0.3, -0.25) is 9.48 Å². The Morgan fingerprint density at radius 1 is 1.29 bits per heavy atom. The summed E-state index contributed by atoms with van der Waals surface area (Å²) in [5, 5.41) is 19.2. The number of nitrogens with zero attached hydrogens (tertiary/aromatic N) is 4. The number of fused-ring (bicyclic) bond motifs is 1. The van der Waals surface area contributed by atoms with Gasteiger partial charge in [-0.2, -0.15) is 5.10 Å². The Morgan fingerprint density at radius 2 is 2.15 bits per heavy atom. The second-order valence-electron chi connectivity index (χ2n) is 9.14. The molecule has 3 aromatic rings. The van der Waals surface area contributed by atoms with Crippen LogP contribution >= 0.6 is 11.6 Å². The van der Waals surface area contributed by atoms with E-state index in [0.29, 0.717) is 30.2 Å². The molecule has 2 unspecified atom stereocenters. The largest absolute Gasteiger partial charge is 0.394 e. The predicted octanol–water partition coefficient (Wildman–Crippen LogP) is 3.20. The van der Waals surface area contributed by atoms with E-state index in [1.165, 1.54) is 6.07 Å². The third-order valence-electron chi connectivity index (χ3n) is 7.06. The molecule has 2 N–H and O–H groups in total. The quantitative estimate of drug-likeness (QED) is 0.580. The number of hydrogen-bond donors (Lipinski definition) is 2. The van der Waals surface area contributed by atoms with Crippen molar-refractivity contribution in [3.63, 3.8) is 0 Å². The minimum absolute atomic E-state index is 0.0813. The lowest BCUT2D eigenvalue weighted by atomic mass is 10.1. The first kappa shape index (κ1) is 23.1. The third kappa shape index (κ3) is 4.26. The molecular formula is C25H29ClFN5O2. The number of hydrogen-bond acceptors (Lipinski definition) is 5. The van der Waals surface area contributed by atoms with E-state index in [1.807, 2.05) is 28.6 Å². The van der Waals surface area contributed by atoms with Crippen LogP contribution in [0, 0.1) is 5.82 Å². The summed E-state index contributed by atoms with van der Waals surface area (Å²) >= 11 is 5.92. The molecule has 7 nitrogen and oxygen atoms in total. The van der Waals surface area contributed by atoms with Gasteiger partial charge in [-0.25, -0.2) is 4.39 Å². The van der Waals surface area contributed by atoms with Crippen molar-refractivity contribution in [1.82, 2.24) is 20.0 Å². The van der Waals surface area contributed by atoms with Gasteiger partial charge >= 0.3 is 0 Å². The van der Waals surface area contributed by atoms with Gasteiger partial charge in [0.2, 0.25) is 5.91 Å². The van der Waals surface area contributed by atoms with E-state index < -0.39 is 0 Å². The van der Waals surface area contributed by atoms with E-state index in [9.17, 15) is 14.3 Å². The zero-order valence-corrected chi connectivity index (χ0v) is 19.9. The molecule has 2 aromatic carbocycles. The Hall–Kier alpha value is -2.68. The highest BCUT2D eigenvalue weighted by atomic mass is 35.5. The molecule has 0 aliphatic carbocycles. The van der Waals surface area contributed by atoms with Crippen LogP contribution < -0.4 is 10.2 Å². The maximum absolute atomic E-state index is 14.6. The number of aliphatic hydroxyl groups is 1. The van der Waals surface area contributed by atoms with Crippen molar-refractivity contribution >= 4 is 34.1 Å². The molecule has 0 saturated carbocycles. The lowest BCUT2D eigenvalue weighted by Crippen LogP contribution is -2.59. The van der Waals surface area contributed by atoms with Gasteiger partial charge in [0.1, 0.15) is 5.82 Å². The minimum atomic E-state index is -0.358. The number of aliphatic hydroxyl groups excluding tert-OH is 1. The van der Waals surface area contributed by atoms with Crippen LogP contribution in [-0.2, 0) is 4.79 Å². The van der Waals surface area contributed by atoms with Crippen LogP contribution in [0.5, 0.6) is 0 Å². The van der Waals surface area contributed by atoms with Gasteiger partial charge in [-0.05, 0) is 56.6 Å². The Morgan fingerprint density at radius 3 is 2.88 bits per heavy atom. The highest BCUT2D eigenvalue weighted by Crippen LogP contribution is 2.30. The first-order valence-corrected chi connectivity index (χ1v) is 12.2. The molecule has 2 saturated heterocycles. The Labute approximate surface area is 203 Å². The smallest absolute Gasteiger partial charge is 0.240 e. The van der Waals surface area contributed by atoms with E-state index in [2.05, 4.69) is 21.4 Å². The zero-order valence-electron chi connectivity index (χ0n) is 19.1. The lowest BCUT2D eigenvalue weighted by Gasteiger charge is -2.42. The van der Waals surface area contributed by atoms with Crippen molar-refractivity contribution in [1.29, 1.82) is 0 Å². The topological polar surface area (TPSA) is 73.6 Å². The fraction of sp³-hybridized carbons (Fsp3) is 0.440. The lowest BCUT2D eigenvalue weighted by molar-refractivity contribution is -0.136. The van der Waals surface area contributed by atoms with Gasteiger partial charge in [0.15, 0.2) is 0 Å². The standard InChI is InChI=1S/C25H29ClFN5O2/c1-16(21-7-5-18(26)11-22(21)27)32-24-12-19(6-4-17(24)13-29-32)30-9-10-31(20(14-30)15-33)25(34)23-3-2-8-28-23/h4-7,11-13,16,20,23,28,33H,2-3,8-10,14-15H2,1H3/t16?,20?,23-/m1/s1. The average molecular weight is 486 g/mol. The van der Waals surface area contributed by atoms with Gasteiger partial charge in [0.05, 0.1) is 36.4 Å². The molecule has 2 aliphatic rings. The van der Waals surface area contributed by atoms with Crippen molar-refractivity contribution in [2.24, 2.45) is 0 Å². The molecule has 5 rings (SSSR count). The molecule has 1 amide bonds. The first-order valence-electron chi connectivity index (χ1n) is 11.8. The average Bonchev–Trinajstić information content (AvgIpc) is 3.53. The second-order valence-corrected chi connectivity index (χ2v) is 9.57. The van der Waals surface area contributed by atoms with Gasteiger partial charge in [0.25, 0.3) is 0 Å². The summed E-state index contributed by atoms with van der Waals surface area (Å²) in [6.45, 7) is 4.49. The van der Waals surface area contributed by atoms with Crippen molar-refractivity contribution in [2.45, 2.75) is 37.9 Å². The first-order chi connectivity index (χ1) is 16.5. The summed E-state index contributed by atoms with van der Waals surface area (Å²) in [4.78, 5) is 17.0. The van der Waals surface area contributed by atoms with Gasteiger partial charge < -0.3 is 20.2 Å². The minimum Gasteiger partial charge on any atom is -0.394 e. The van der Waals surface area contributed by atoms with E-state index in [4.69, 9.17) is 11.6 Å². The molecule has 2 fully saturated rings. The summed E-state index contributed by atoms with van der Waals surface area (Å²) in [6, 6.07) is 10.1. The van der Waals surface area contributed by atoms with Crippen LogP contribution in [0.25, 0.3) is 10.9 Å². The summed E-state index contributed by atoms with van der Waals surface area (Å²) in [6.07, 6.45) is 3.64. The predicted molar refractivity (Wildman–Crippen MR) is 131 cm³/mol. The Kier molecular flexibility index (Phi) is 6.46. The van der Waals surface area contributed by atoms with Crippen LogP contribution in [0.2, 0.25) is 5.02 Å². The molecular weight excluding hydrogens is 457 g/mol. The number of piperazine rings is 1. The number of carbonyl (C=O) groups excluding carboxylic acids is 1. The molecule has 0 radical (unpaired) electrons. The van der Waals surface area contributed by atoms with E-state index >= 15 is 0 Å². The van der Waals surface area contributed by atoms with Gasteiger partial charge in [-0.15, -0.1) is 0 Å². The number of nitrogens with one attached hydrogen (secondary N) is 1. The number of anilines is 1. The number of rotatable bonds is 5. The summed E-state index contributed by atoms with van der Waals surface area (Å²) in [7, 11) is 0. The number of carbonyl (C=O) groups is 1. The molecule has 9 heteroatoms. The van der Waals surface area contributed by atoms with Crippen LogP contribution in [0.4, 0.5) is 10.1 Å². The van der Waals surface area contributed by atoms with Gasteiger partial charge in [0, 0.05) is 41.3 Å². The monoisotopic (exact) mass is 485 g/mol. The van der Waals surface area contributed by atoms with Crippen molar-refractivity contribution < 1.29 is 14.3 Å². The second kappa shape index (κ2) is 9.52. The van der Waals surface area contributed by atoms with E-state index in [-0.39, 0.29) is 36.5 Å². The van der Waals surface area contributed by atoms with Crippen LogP contribution in [-0.4, -0.2) is 70.6 Å². The fourth-order valence-electron chi connectivity index (χ4n) is 5.14. The van der Waals surface area contributed by atoms with Crippen LogP contribution in [0.1, 0.15) is 31.4 Å². The summed E-state index contributed by atoms with van der Waals surface area (Å²) < 4.78 is 16.4. The van der Waals surface area contributed by atoms with E-state index in [0.717, 1.165) is 36.0 Å². The molecule has 180 valence electrons. The molecule has 1 aromatic heterocycles. The molecule has 3 heterocycles.